The first-order valence-corrected chi connectivity index (χ1v) is 20.8. The second-order valence-electron chi connectivity index (χ2n) is 15.5. The lowest BCUT2D eigenvalue weighted by atomic mass is 9.62. The summed E-state index contributed by atoms with van der Waals surface area (Å²) in [5, 5.41) is 0. The zero-order chi connectivity index (χ0) is 36.3. The smallest absolute Gasteiger partial charge is 0.127 e. The number of benzene rings is 4. The minimum atomic E-state index is -0.0232. The van der Waals surface area contributed by atoms with Crippen LogP contribution in [-0.4, -0.2) is 0 Å². The Bertz CT molecular complexity index is 1430. The molecule has 4 nitrogen and oxygen atoms in total. The lowest BCUT2D eigenvalue weighted by Gasteiger charge is -2.41. The molecule has 1 aliphatic carbocycles. The summed E-state index contributed by atoms with van der Waals surface area (Å²) in [6.07, 6.45) is 29.0. The molecule has 4 heteroatoms. The molecule has 0 spiro atoms. The summed E-state index contributed by atoms with van der Waals surface area (Å²) >= 11 is 0. The first kappa shape index (κ1) is 39.3. The minimum Gasteiger partial charge on any atom is -0.457 e. The lowest BCUT2D eigenvalue weighted by Crippen LogP contribution is -2.33. The Morgan fingerprint density at radius 1 is 0.442 bits per heavy atom. The Balaban J connectivity index is 1.08. The molecule has 280 valence electrons. The molecule has 4 N–H and O–H groups in total. The molecule has 0 radical (unpaired) electrons. The van der Waals surface area contributed by atoms with Crippen LogP contribution >= 0.6 is 0 Å². The summed E-state index contributed by atoms with van der Waals surface area (Å²) < 4.78 is 12.3. The van der Waals surface area contributed by atoms with E-state index in [0.29, 0.717) is 0 Å². The molecule has 0 amide bonds. The van der Waals surface area contributed by atoms with Crippen LogP contribution in [0, 0.1) is 5.92 Å². The molecule has 4 aromatic rings. The van der Waals surface area contributed by atoms with Crippen LogP contribution in [0.2, 0.25) is 0 Å². The van der Waals surface area contributed by atoms with Crippen LogP contribution in [0.5, 0.6) is 23.0 Å². The van der Waals surface area contributed by atoms with Crippen molar-refractivity contribution >= 4 is 11.4 Å². The highest BCUT2D eigenvalue weighted by molar-refractivity contribution is 5.47. The SMILES string of the molecule is CCCCCCCCCCCCCCCCCCC1CCC(c2ccc(Oc3ccc(N)cc3)cc2)(c2ccc(Oc3ccc(N)cc3)cc2)CC1. The standard InChI is InChI=1S/C48H66N2O2/c1-2-3-4-5-6-7-8-9-10-11-12-13-14-15-16-17-18-39-35-37-48(38-36-39,40-19-27-44(28-20-40)51-46-31-23-42(49)24-32-46)41-21-29-45(30-22-41)52-47-33-25-43(50)26-34-47/h19-34,39H,2-18,35-38,49-50H2,1H3. The van der Waals surface area contributed by atoms with Crippen LogP contribution in [0.4, 0.5) is 11.4 Å². The van der Waals surface area contributed by atoms with E-state index in [1.807, 2.05) is 48.5 Å². The molecule has 0 aromatic heterocycles. The van der Waals surface area contributed by atoms with Crippen LogP contribution in [0.1, 0.15) is 153 Å². The summed E-state index contributed by atoms with van der Waals surface area (Å²) in [6, 6.07) is 32.8. The number of nitrogens with two attached hydrogens (primary N) is 2. The van der Waals surface area contributed by atoms with E-state index < -0.39 is 0 Å². The Morgan fingerprint density at radius 3 is 1.10 bits per heavy atom. The number of anilines is 2. The minimum absolute atomic E-state index is 0.0232. The predicted molar refractivity (Wildman–Crippen MR) is 222 cm³/mol. The van der Waals surface area contributed by atoms with Crippen molar-refractivity contribution < 1.29 is 9.47 Å². The summed E-state index contributed by atoms with van der Waals surface area (Å²) in [6.45, 7) is 2.30. The van der Waals surface area contributed by atoms with Gasteiger partial charge in [0.15, 0.2) is 0 Å². The number of hydrogen-bond acceptors (Lipinski definition) is 4. The normalized spacial score (nSPS) is 14.3. The Labute approximate surface area is 315 Å². The monoisotopic (exact) mass is 703 g/mol. The molecule has 1 fully saturated rings. The molecule has 0 atom stereocenters. The topological polar surface area (TPSA) is 70.5 Å². The summed E-state index contributed by atoms with van der Waals surface area (Å²) in [4.78, 5) is 0. The van der Waals surface area contributed by atoms with Crippen LogP contribution in [0.15, 0.2) is 97.1 Å². The van der Waals surface area contributed by atoms with Crippen LogP contribution < -0.4 is 20.9 Å². The molecule has 0 unspecified atom stereocenters. The molecule has 0 heterocycles. The van der Waals surface area contributed by atoms with E-state index in [1.54, 1.807) is 0 Å². The van der Waals surface area contributed by atoms with E-state index in [9.17, 15) is 0 Å². The van der Waals surface area contributed by atoms with Gasteiger partial charge in [0.2, 0.25) is 0 Å². The van der Waals surface area contributed by atoms with Gasteiger partial charge in [-0.15, -0.1) is 0 Å². The highest BCUT2D eigenvalue weighted by atomic mass is 16.5. The first-order valence-electron chi connectivity index (χ1n) is 20.8. The van der Waals surface area contributed by atoms with Gasteiger partial charge in [0.05, 0.1) is 0 Å². The molecular weight excluding hydrogens is 637 g/mol. The Kier molecular flexibility index (Phi) is 16.3. The summed E-state index contributed by atoms with van der Waals surface area (Å²) in [5.74, 6) is 4.09. The molecular formula is C48H66N2O2. The molecule has 4 aromatic carbocycles. The maximum atomic E-state index is 6.15. The Hall–Kier alpha value is -3.92. The number of nitrogen functional groups attached to an aromatic ring is 2. The fraction of sp³-hybridized carbons (Fsp3) is 0.500. The zero-order valence-corrected chi connectivity index (χ0v) is 32.1. The van der Waals surface area contributed by atoms with Crippen molar-refractivity contribution in [2.24, 2.45) is 5.92 Å². The average molecular weight is 703 g/mol. The van der Waals surface area contributed by atoms with Crippen molar-refractivity contribution in [3.63, 3.8) is 0 Å². The second-order valence-corrected chi connectivity index (χ2v) is 15.5. The van der Waals surface area contributed by atoms with Gasteiger partial charge in [-0.05, 0) is 116 Å². The number of ether oxygens (including phenoxy) is 2. The van der Waals surface area contributed by atoms with Gasteiger partial charge in [0.1, 0.15) is 23.0 Å². The average Bonchev–Trinajstić information content (AvgIpc) is 3.17. The highest BCUT2D eigenvalue weighted by Crippen LogP contribution is 2.48. The Morgan fingerprint density at radius 2 is 0.750 bits per heavy atom. The number of hydrogen-bond donors (Lipinski definition) is 2. The fourth-order valence-corrected chi connectivity index (χ4v) is 8.21. The third-order valence-electron chi connectivity index (χ3n) is 11.5. The molecule has 52 heavy (non-hydrogen) atoms. The van der Waals surface area contributed by atoms with E-state index in [0.717, 1.165) is 53.1 Å². The quantitative estimate of drug-likeness (QED) is 0.0596. The molecule has 0 bridgehead atoms. The van der Waals surface area contributed by atoms with E-state index in [1.165, 1.54) is 133 Å². The highest BCUT2D eigenvalue weighted by Gasteiger charge is 2.38. The van der Waals surface area contributed by atoms with Crippen molar-refractivity contribution in [3.8, 4) is 23.0 Å². The van der Waals surface area contributed by atoms with E-state index in [2.05, 4.69) is 55.5 Å². The van der Waals surface area contributed by atoms with Gasteiger partial charge in [0, 0.05) is 16.8 Å². The van der Waals surface area contributed by atoms with Gasteiger partial charge in [0.25, 0.3) is 0 Å². The van der Waals surface area contributed by atoms with E-state index >= 15 is 0 Å². The number of rotatable bonds is 23. The van der Waals surface area contributed by atoms with Crippen LogP contribution in [0.25, 0.3) is 0 Å². The summed E-state index contributed by atoms with van der Waals surface area (Å²) in [7, 11) is 0. The van der Waals surface area contributed by atoms with Gasteiger partial charge in [-0.25, -0.2) is 0 Å². The van der Waals surface area contributed by atoms with E-state index in [4.69, 9.17) is 20.9 Å². The molecule has 0 saturated heterocycles. The van der Waals surface area contributed by atoms with Gasteiger partial charge < -0.3 is 20.9 Å². The zero-order valence-electron chi connectivity index (χ0n) is 32.1. The summed E-state index contributed by atoms with van der Waals surface area (Å²) in [5.41, 5.74) is 15.9. The van der Waals surface area contributed by atoms with Crippen molar-refractivity contribution in [2.45, 2.75) is 147 Å². The van der Waals surface area contributed by atoms with Crippen molar-refractivity contribution in [3.05, 3.63) is 108 Å². The van der Waals surface area contributed by atoms with Crippen LogP contribution in [0.3, 0.4) is 0 Å². The maximum absolute atomic E-state index is 6.15. The van der Waals surface area contributed by atoms with Crippen molar-refractivity contribution in [1.29, 1.82) is 0 Å². The van der Waals surface area contributed by atoms with Gasteiger partial charge in [-0.1, -0.05) is 140 Å². The van der Waals surface area contributed by atoms with Gasteiger partial charge >= 0.3 is 0 Å². The largest absolute Gasteiger partial charge is 0.457 e. The molecule has 1 saturated carbocycles. The van der Waals surface area contributed by atoms with Gasteiger partial charge in [-0.2, -0.15) is 0 Å². The van der Waals surface area contributed by atoms with Crippen LogP contribution in [-0.2, 0) is 5.41 Å². The predicted octanol–water partition coefficient (Wildman–Crippen LogP) is 14.6. The second kappa shape index (κ2) is 21.6. The molecule has 1 aliphatic rings. The van der Waals surface area contributed by atoms with E-state index in [-0.39, 0.29) is 5.41 Å². The third-order valence-corrected chi connectivity index (χ3v) is 11.5. The fourth-order valence-electron chi connectivity index (χ4n) is 8.21. The molecule has 5 rings (SSSR count). The first-order chi connectivity index (χ1) is 25.5. The van der Waals surface area contributed by atoms with Crippen molar-refractivity contribution in [2.75, 3.05) is 11.5 Å². The lowest BCUT2D eigenvalue weighted by molar-refractivity contribution is 0.250. The van der Waals surface area contributed by atoms with Crippen molar-refractivity contribution in [1.82, 2.24) is 0 Å². The maximum Gasteiger partial charge on any atom is 0.127 e. The third kappa shape index (κ3) is 12.6. The number of unbranched alkanes of at least 4 members (excludes halogenated alkanes) is 15. The van der Waals surface area contributed by atoms with Gasteiger partial charge in [-0.3, -0.25) is 0 Å². The molecule has 0 aliphatic heterocycles.